The van der Waals surface area contributed by atoms with E-state index in [1.165, 1.54) is 7.11 Å². The Hall–Kier alpha value is -2.37. The minimum Gasteiger partial charge on any atom is -0.469 e. The quantitative estimate of drug-likeness (QED) is 0.852. The summed E-state index contributed by atoms with van der Waals surface area (Å²) in [4.78, 5) is 26.7. The molecule has 2 aromatic rings. The SMILES string of the molecule is COC(=O)CCC(=O)Nc1ccc2oc(C)nc2c1. The maximum atomic E-state index is 11.6. The molecule has 0 aliphatic heterocycles. The van der Waals surface area contributed by atoms with Gasteiger partial charge in [-0.15, -0.1) is 0 Å². The molecule has 0 unspecified atom stereocenters. The van der Waals surface area contributed by atoms with Gasteiger partial charge in [-0.3, -0.25) is 9.59 Å². The molecule has 19 heavy (non-hydrogen) atoms. The molecule has 0 radical (unpaired) electrons. The van der Waals surface area contributed by atoms with Crippen LogP contribution in [0.1, 0.15) is 18.7 Å². The van der Waals surface area contributed by atoms with Gasteiger partial charge in [0.2, 0.25) is 5.91 Å². The third kappa shape index (κ3) is 3.31. The number of nitrogens with zero attached hydrogens (tertiary/aromatic N) is 1. The Morgan fingerprint density at radius 1 is 1.37 bits per heavy atom. The van der Waals surface area contributed by atoms with E-state index in [1.54, 1.807) is 25.1 Å². The number of methoxy groups -OCH3 is 1. The number of carbonyl (C=O) groups is 2. The number of aryl methyl sites for hydroxylation is 1. The Kier molecular flexibility index (Phi) is 3.79. The predicted octanol–water partition coefficient (Wildman–Crippen LogP) is 2.03. The Bertz CT molecular complexity index is 618. The van der Waals surface area contributed by atoms with E-state index >= 15 is 0 Å². The zero-order valence-electron chi connectivity index (χ0n) is 10.7. The Labute approximate surface area is 109 Å². The molecule has 0 spiro atoms. The molecule has 1 N–H and O–H groups in total. The van der Waals surface area contributed by atoms with Crippen LogP contribution in [0, 0.1) is 6.92 Å². The smallest absolute Gasteiger partial charge is 0.306 e. The van der Waals surface area contributed by atoms with E-state index in [0.29, 0.717) is 22.7 Å². The van der Waals surface area contributed by atoms with E-state index in [0.717, 1.165) is 0 Å². The van der Waals surface area contributed by atoms with Crippen LogP contribution in [0.2, 0.25) is 0 Å². The van der Waals surface area contributed by atoms with Crippen molar-refractivity contribution < 1.29 is 18.7 Å². The van der Waals surface area contributed by atoms with Gasteiger partial charge in [0.15, 0.2) is 11.5 Å². The van der Waals surface area contributed by atoms with E-state index in [2.05, 4.69) is 15.0 Å². The highest BCUT2D eigenvalue weighted by Crippen LogP contribution is 2.19. The average molecular weight is 262 g/mol. The molecule has 0 fully saturated rings. The number of aromatic nitrogens is 1. The van der Waals surface area contributed by atoms with Crippen LogP contribution in [0.3, 0.4) is 0 Å². The number of oxazole rings is 1. The van der Waals surface area contributed by atoms with E-state index < -0.39 is 5.97 Å². The second kappa shape index (κ2) is 5.51. The van der Waals surface area contributed by atoms with Crippen molar-refractivity contribution in [3.63, 3.8) is 0 Å². The number of benzene rings is 1. The lowest BCUT2D eigenvalue weighted by Crippen LogP contribution is -2.13. The van der Waals surface area contributed by atoms with Gasteiger partial charge in [0.05, 0.1) is 13.5 Å². The maximum absolute atomic E-state index is 11.6. The van der Waals surface area contributed by atoms with Crippen LogP contribution in [0.15, 0.2) is 22.6 Å². The Balaban J connectivity index is 2.00. The first-order chi connectivity index (χ1) is 9.08. The minimum atomic E-state index is -0.405. The number of carbonyl (C=O) groups excluding carboxylic acids is 2. The maximum Gasteiger partial charge on any atom is 0.306 e. The minimum absolute atomic E-state index is 0.0631. The molecular formula is C13H14N2O4. The van der Waals surface area contributed by atoms with Crippen LogP contribution < -0.4 is 5.32 Å². The van der Waals surface area contributed by atoms with Gasteiger partial charge in [-0.2, -0.15) is 0 Å². The number of hydrogen-bond acceptors (Lipinski definition) is 5. The lowest BCUT2D eigenvalue weighted by Gasteiger charge is -2.04. The molecule has 0 atom stereocenters. The van der Waals surface area contributed by atoms with Crippen molar-refractivity contribution in [1.29, 1.82) is 0 Å². The van der Waals surface area contributed by atoms with Crippen molar-refractivity contribution in [3.8, 4) is 0 Å². The van der Waals surface area contributed by atoms with Crippen LogP contribution in [-0.2, 0) is 14.3 Å². The van der Waals surface area contributed by atoms with Gasteiger partial charge in [0.25, 0.3) is 0 Å². The summed E-state index contributed by atoms with van der Waals surface area (Å²) in [6, 6.07) is 5.19. The molecular weight excluding hydrogens is 248 g/mol. The number of hydrogen-bond donors (Lipinski definition) is 1. The van der Waals surface area contributed by atoms with E-state index in [9.17, 15) is 9.59 Å². The van der Waals surface area contributed by atoms with Crippen LogP contribution in [0.25, 0.3) is 11.1 Å². The van der Waals surface area contributed by atoms with E-state index in [4.69, 9.17) is 4.42 Å². The summed E-state index contributed by atoms with van der Waals surface area (Å²) in [5, 5.41) is 2.69. The lowest BCUT2D eigenvalue weighted by molar-refractivity contribution is -0.141. The van der Waals surface area contributed by atoms with E-state index in [1.807, 2.05) is 0 Å². The highest BCUT2D eigenvalue weighted by Gasteiger charge is 2.08. The lowest BCUT2D eigenvalue weighted by atomic mass is 10.2. The number of rotatable bonds is 4. The molecule has 6 heteroatoms. The first-order valence-corrected chi connectivity index (χ1v) is 5.82. The largest absolute Gasteiger partial charge is 0.469 e. The molecule has 100 valence electrons. The van der Waals surface area contributed by atoms with Crippen molar-refractivity contribution in [3.05, 3.63) is 24.1 Å². The van der Waals surface area contributed by atoms with Gasteiger partial charge < -0.3 is 14.5 Å². The van der Waals surface area contributed by atoms with Crippen molar-refractivity contribution in [2.45, 2.75) is 19.8 Å². The van der Waals surface area contributed by atoms with Gasteiger partial charge >= 0.3 is 5.97 Å². The van der Waals surface area contributed by atoms with Gasteiger partial charge in [0.1, 0.15) is 5.52 Å². The summed E-state index contributed by atoms with van der Waals surface area (Å²) in [6.07, 6.45) is 0.149. The Morgan fingerprint density at radius 3 is 2.89 bits per heavy atom. The first-order valence-electron chi connectivity index (χ1n) is 5.82. The molecule has 1 amide bonds. The topological polar surface area (TPSA) is 81.4 Å². The number of ether oxygens (including phenoxy) is 1. The van der Waals surface area contributed by atoms with E-state index in [-0.39, 0.29) is 18.7 Å². The summed E-state index contributed by atoms with van der Waals surface area (Å²) >= 11 is 0. The fraction of sp³-hybridized carbons (Fsp3) is 0.308. The molecule has 0 saturated heterocycles. The molecule has 6 nitrogen and oxygen atoms in total. The van der Waals surface area contributed by atoms with Crippen molar-refractivity contribution >= 4 is 28.7 Å². The van der Waals surface area contributed by atoms with Crippen LogP contribution >= 0.6 is 0 Å². The molecule has 1 heterocycles. The number of fused-ring (bicyclic) bond motifs is 1. The molecule has 1 aromatic carbocycles. The first kappa shape index (κ1) is 13.1. The highest BCUT2D eigenvalue weighted by atomic mass is 16.5. The van der Waals surface area contributed by atoms with Crippen molar-refractivity contribution in [1.82, 2.24) is 4.98 Å². The van der Waals surface area contributed by atoms with Crippen molar-refractivity contribution in [2.24, 2.45) is 0 Å². The number of nitrogens with one attached hydrogen (secondary N) is 1. The molecule has 1 aromatic heterocycles. The van der Waals surface area contributed by atoms with Gasteiger partial charge in [-0.1, -0.05) is 0 Å². The second-order valence-electron chi connectivity index (χ2n) is 4.04. The summed E-state index contributed by atoms with van der Waals surface area (Å²) in [5.74, 6) is -0.0770. The Morgan fingerprint density at radius 2 is 2.16 bits per heavy atom. The average Bonchev–Trinajstić information content (AvgIpc) is 2.75. The normalized spacial score (nSPS) is 10.4. The fourth-order valence-corrected chi connectivity index (χ4v) is 1.66. The molecule has 0 bridgehead atoms. The number of amides is 1. The summed E-state index contributed by atoms with van der Waals surface area (Å²) in [7, 11) is 1.29. The molecule has 0 saturated carbocycles. The third-order valence-corrected chi connectivity index (χ3v) is 2.56. The van der Waals surface area contributed by atoms with Crippen LogP contribution in [0.4, 0.5) is 5.69 Å². The number of anilines is 1. The molecule has 2 rings (SSSR count). The second-order valence-corrected chi connectivity index (χ2v) is 4.04. The highest BCUT2D eigenvalue weighted by molar-refractivity contribution is 5.94. The monoisotopic (exact) mass is 262 g/mol. The zero-order chi connectivity index (χ0) is 13.8. The fourth-order valence-electron chi connectivity index (χ4n) is 1.66. The van der Waals surface area contributed by atoms with Crippen LogP contribution in [-0.4, -0.2) is 24.0 Å². The number of esters is 1. The predicted molar refractivity (Wildman–Crippen MR) is 68.6 cm³/mol. The van der Waals surface area contributed by atoms with Gasteiger partial charge in [-0.25, -0.2) is 4.98 Å². The van der Waals surface area contributed by atoms with Crippen LogP contribution in [0.5, 0.6) is 0 Å². The van der Waals surface area contributed by atoms with Gasteiger partial charge in [0, 0.05) is 19.0 Å². The summed E-state index contributed by atoms with van der Waals surface area (Å²) < 4.78 is 9.81. The summed E-state index contributed by atoms with van der Waals surface area (Å²) in [5.41, 5.74) is 1.98. The van der Waals surface area contributed by atoms with Gasteiger partial charge in [-0.05, 0) is 18.2 Å². The third-order valence-electron chi connectivity index (χ3n) is 2.56. The molecule has 0 aliphatic carbocycles. The molecule has 0 aliphatic rings. The standard InChI is InChI=1S/C13H14N2O4/c1-8-14-10-7-9(3-4-11(10)19-8)15-12(16)5-6-13(17)18-2/h3-4,7H,5-6H2,1-2H3,(H,15,16). The van der Waals surface area contributed by atoms with Crippen molar-refractivity contribution in [2.75, 3.05) is 12.4 Å². The zero-order valence-corrected chi connectivity index (χ0v) is 10.7. The summed E-state index contributed by atoms with van der Waals surface area (Å²) in [6.45, 7) is 1.76.